The van der Waals surface area contributed by atoms with Gasteiger partial charge < -0.3 is 24.8 Å². The number of nitrogens with zero attached hydrogens (tertiary/aromatic N) is 4. The number of nitrogens with one attached hydrogen (secondary N) is 1. The van der Waals surface area contributed by atoms with E-state index in [0.717, 1.165) is 5.39 Å². The van der Waals surface area contributed by atoms with Gasteiger partial charge in [-0.1, -0.05) is 18.2 Å². The van der Waals surface area contributed by atoms with E-state index in [-0.39, 0.29) is 11.4 Å². The van der Waals surface area contributed by atoms with Crippen molar-refractivity contribution in [2.24, 2.45) is 0 Å². The van der Waals surface area contributed by atoms with Crippen LogP contribution in [-0.4, -0.2) is 27.5 Å². The molecule has 0 saturated carbocycles. The first-order valence-corrected chi connectivity index (χ1v) is 10.5. The Balaban J connectivity index is 1.39. The summed E-state index contributed by atoms with van der Waals surface area (Å²) in [6, 6.07) is 14.5. The molecule has 160 valence electrons. The summed E-state index contributed by atoms with van der Waals surface area (Å²) < 4.78 is 11.5. The minimum Gasteiger partial charge on any atom is -0.539 e. The van der Waals surface area contributed by atoms with E-state index in [1.54, 1.807) is 43.0 Å². The maximum Gasteiger partial charge on any atom is 0.289 e. The van der Waals surface area contributed by atoms with Gasteiger partial charge in [-0.15, -0.1) is 11.3 Å². The third-order valence-electron chi connectivity index (χ3n) is 4.94. The number of aromatic hydroxyl groups is 1. The Morgan fingerprint density at radius 1 is 1.19 bits per heavy atom. The molecule has 0 fully saturated rings. The Labute approximate surface area is 186 Å². The van der Waals surface area contributed by atoms with Crippen LogP contribution < -0.4 is 19.8 Å². The first-order valence-electron chi connectivity index (χ1n) is 9.63. The number of ether oxygens (including phenoxy) is 1. The number of phenolic OH excluding ortho intramolecular Hbond substituents is 1. The van der Waals surface area contributed by atoms with Crippen LogP contribution in [0.25, 0.3) is 28.0 Å². The Morgan fingerprint density at radius 3 is 2.84 bits per heavy atom. The summed E-state index contributed by atoms with van der Waals surface area (Å²) in [6.45, 7) is 0.345. The predicted molar refractivity (Wildman–Crippen MR) is 116 cm³/mol. The fourth-order valence-electron chi connectivity index (χ4n) is 3.31. The van der Waals surface area contributed by atoms with E-state index >= 15 is 0 Å². The summed E-state index contributed by atoms with van der Waals surface area (Å²) in [5.74, 6) is 0.232. The van der Waals surface area contributed by atoms with E-state index in [4.69, 9.17) is 9.26 Å². The smallest absolute Gasteiger partial charge is 0.289 e. The van der Waals surface area contributed by atoms with E-state index in [1.807, 2.05) is 24.3 Å². The van der Waals surface area contributed by atoms with Crippen molar-refractivity contribution in [3.05, 3.63) is 65.7 Å². The molecule has 0 amide bonds. The summed E-state index contributed by atoms with van der Waals surface area (Å²) >= 11 is 1.33. The highest BCUT2D eigenvalue weighted by molar-refractivity contribution is 7.14. The van der Waals surface area contributed by atoms with Crippen LogP contribution in [0.2, 0.25) is 0 Å². The van der Waals surface area contributed by atoms with Crippen molar-refractivity contribution in [3.8, 4) is 34.5 Å². The number of hydrogen-bond acceptors (Lipinski definition) is 9. The zero-order valence-electron chi connectivity index (χ0n) is 16.8. The summed E-state index contributed by atoms with van der Waals surface area (Å²) in [5, 5.41) is 33.1. The number of fused-ring (bicyclic) bond motifs is 1. The van der Waals surface area contributed by atoms with Crippen LogP contribution in [-0.2, 0) is 6.54 Å². The normalized spacial score (nSPS) is 11.0. The average molecular weight is 447 g/mol. The maximum absolute atomic E-state index is 12.3. The standard InChI is InChI=1S/C22H17N5O4S/c1-30-16-8-6-15(7-9-16)27-19(21(29)31-26-27)17-12-32-22(25-17)24-11-14-5-4-13-3-2-10-23-18(13)20(14)28/h2-10,12H,11H2,1H3,(H2-,24,25,26,28,29). The van der Waals surface area contributed by atoms with Crippen LogP contribution in [0, 0.1) is 0 Å². The molecule has 32 heavy (non-hydrogen) atoms. The number of benzene rings is 2. The molecule has 5 aromatic rings. The Hall–Kier alpha value is -4.18. The second-order valence-corrected chi connectivity index (χ2v) is 7.72. The molecular weight excluding hydrogens is 430 g/mol. The van der Waals surface area contributed by atoms with E-state index in [9.17, 15) is 10.2 Å². The quantitative estimate of drug-likeness (QED) is 0.381. The second-order valence-electron chi connectivity index (χ2n) is 6.86. The van der Waals surface area contributed by atoms with Crippen LogP contribution in [0.1, 0.15) is 5.56 Å². The topological polar surface area (TPSA) is 120 Å². The highest BCUT2D eigenvalue weighted by Crippen LogP contribution is 2.30. The highest BCUT2D eigenvalue weighted by atomic mass is 32.1. The van der Waals surface area contributed by atoms with Gasteiger partial charge in [-0.25, -0.2) is 4.98 Å². The van der Waals surface area contributed by atoms with Crippen LogP contribution in [0.3, 0.4) is 0 Å². The number of pyridine rings is 1. The summed E-state index contributed by atoms with van der Waals surface area (Å²) in [7, 11) is 1.58. The van der Waals surface area contributed by atoms with Gasteiger partial charge >= 0.3 is 0 Å². The Kier molecular flexibility index (Phi) is 5.04. The molecular formula is C22H17N5O4S. The van der Waals surface area contributed by atoms with E-state index in [0.29, 0.717) is 39.9 Å². The van der Waals surface area contributed by atoms with Crippen LogP contribution in [0.15, 0.2) is 64.6 Å². The van der Waals surface area contributed by atoms with Crippen LogP contribution >= 0.6 is 11.3 Å². The van der Waals surface area contributed by atoms with Crippen LogP contribution in [0.4, 0.5) is 5.13 Å². The minimum atomic E-state index is -0.587. The molecule has 9 nitrogen and oxygen atoms in total. The van der Waals surface area contributed by atoms with Gasteiger partial charge in [-0.05, 0) is 22.9 Å². The molecule has 0 aliphatic carbocycles. The highest BCUT2D eigenvalue weighted by Gasteiger charge is 2.25. The average Bonchev–Trinajstić information content (AvgIpc) is 3.45. The molecule has 0 saturated heterocycles. The molecule has 5 rings (SSSR count). The molecule has 2 N–H and O–H groups in total. The van der Waals surface area contributed by atoms with Crippen molar-refractivity contribution in [3.63, 3.8) is 0 Å². The van der Waals surface area contributed by atoms with Gasteiger partial charge in [-0.2, -0.15) is 0 Å². The van der Waals surface area contributed by atoms with Gasteiger partial charge in [-0.3, -0.25) is 4.98 Å². The van der Waals surface area contributed by atoms with Gasteiger partial charge in [0, 0.05) is 41.2 Å². The third-order valence-corrected chi connectivity index (χ3v) is 5.74. The molecule has 2 aromatic carbocycles. The molecule has 0 aliphatic heterocycles. The molecule has 0 atom stereocenters. The molecule has 0 bridgehead atoms. The van der Waals surface area contributed by atoms with E-state index in [2.05, 4.69) is 20.6 Å². The lowest BCUT2D eigenvalue weighted by atomic mass is 10.1. The van der Waals surface area contributed by atoms with Gasteiger partial charge in [0.1, 0.15) is 17.0 Å². The van der Waals surface area contributed by atoms with E-state index < -0.39 is 5.95 Å². The van der Waals surface area contributed by atoms with Crippen LogP contribution in [0.5, 0.6) is 17.4 Å². The largest absolute Gasteiger partial charge is 0.539 e. The number of hydrogen-bond donors (Lipinski definition) is 2. The molecule has 3 aromatic heterocycles. The Morgan fingerprint density at radius 2 is 2.03 bits per heavy atom. The van der Waals surface area contributed by atoms with Gasteiger partial charge in [0.05, 0.1) is 12.4 Å². The second kappa shape index (κ2) is 8.16. The number of phenols is 1. The number of methoxy groups -OCH3 is 1. The van der Waals surface area contributed by atoms with Crippen molar-refractivity contribution in [2.75, 3.05) is 12.4 Å². The summed E-state index contributed by atoms with van der Waals surface area (Å²) in [6.07, 6.45) is 1.64. The van der Waals surface area contributed by atoms with Crippen molar-refractivity contribution in [2.45, 2.75) is 6.54 Å². The monoisotopic (exact) mass is 447 g/mol. The summed E-state index contributed by atoms with van der Waals surface area (Å²) in [5.41, 5.74) is 2.53. The first kappa shape index (κ1) is 19.8. The number of anilines is 1. The maximum atomic E-state index is 12.3. The molecule has 10 heteroatoms. The molecule has 0 spiro atoms. The van der Waals surface area contributed by atoms with E-state index in [1.165, 1.54) is 16.0 Å². The lowest BCUT2D eigenvalue weighted by Gasteiger charge is -2.07. The first-order chi connectivity index (χ1) is 15.6. The number of rotatable bonds is 6. The van der Waals surface area contributed by atoms with Crippen molar-refractivity contribution >= 4 is 27.4 Å². The van der Waals surface area contributed by atoms with Gasteiger partial charge in [0.25, 0.3) is 5.69 Å². The molecule has 0 radical (unpaired) electrons. The molecule has 0 unspecified atom stereocenters. The lowest BCUT2D eigenvalue weighted by molar-refractivity contribution is -0.660. The number of aromatic nitrogens is 4. The molecule has 3 heterocycles. The SMILES string of the molecule is COc1ccc(-[n+]2noc([O-])c2-c2csc(NCc3ccc4cccnc4c3O)n2)cc1. The minimum absolute atomic E-state index is 0.130. The third kappa shape index (κ3) is 3.56. The van der Waals surface area contributed by atoms with Gasteiger partial charge in [0.15, 0.2) is 16.8 Å². The van der Waals surface area contributed by atoms with Crippen molar-refractivity contribution < 1.29 is 24.2 Å². The zero-order chi connectivity index (χ0) is 22.1. The summed E-state index contributed by atoms with van der Waals surface area (Å²) in [4.78, 5) is 8.74. The van der Waals surface area contributed by atoms with Gasteiger partial charge in [0.2, 0.25) is 5.69 Å². The Bertz CT molecular complexity index is 1400. The van der Waals surface area contributed by atoms with Crippen molar-refractivity contribution in [1.29, 1.82) is 0 Å². The number of thiazole rings is 1. The van der Waals surface area contributed by atoms with Crippen molar-refractivity contribution in [1.82, 2.24) is 15.2 Å². The predicted octanol–water partition coefficient (Wildman–Crippen LogP) is 3.02. The molecule has 0 aliphatic rings. The lowest BCUT2D eigenvalue weighted by Crippen LogP contribution is -2.34. The fraction of sp³-hybridized carbons (Fsp3) is 0.0909. The zero-order valence-corrected chi connectivity index (χ0v) is 17.7. The fourth-order valence-corrected chi connectivity index (χ4v) is 4.00.